The molecule has 2 rings (SSSR count). The Morgan fingerprint density at radius 3 is 2.53 bits per heavy atom. The van der Waals surface area contributed by atoms with Crippen molar-refractivity contribution in [1.29, 1.82) is 0 Å². The Morgan fingerprint density at radius 1 is 1.11 bits per heavy atom. The second-order valence-electron chi connectivity index (χ2n) is 3.81. The Balaban J connectivity index is 2.02. The van der Waals surface area contributed by atoms with Crippen molar-refractivity contribution >= 4 is 23.4 Å². The van der Waals surface area contributed by atoms with Crippen LogP contribution in [0, 0.1) is 0 Å². The van der Waals surface area contributed by atoms with E-state index in [4.69, 9.17) is 17.3 Å². The highest BCUT2D eigenvalue weighted by molar-refractivity contribution is 7.80. The van der Waals surface area contributed by atoms with Gasteiger partial charge in [-0.15, -0.1) is 0 Å². The number of benzene rings is 2. The molecular weight excluding hydrogens is 260 g/mol. The van der Waals surface area contributed by atoms with Crippen molar-refractivity contribution in [1.82, 2.24) is 5.43 Å². The molecule has 2 aromatic carbocycles. The predicted octanol–water partition coefficient (Wildman–Crippen LogP) is 2.40. The minimum atomic E-state index is -0.0452. The largest absolute Gasteiger partial charge is 0.508 e. The molecule has 3 N–H and O–H groups in total. The summed E-state index contributed by atoms with van der Waals surface area (Å²) in [5, 5.41) is 22.7. The van der Waals surface area contributed by atoms with Crippen molar-refractivity contribution in [3.63, 3.8) is 0 Å². The number of phenols is 2. The van der Waals surface area contributed by atoms with Gasteiger partial charge in [-0.05, 0) is 12.1 Å². The van der Waals surface area contributed by atoms with E-state index in [-0.39, 0.29) is 11.5 Å². The lowest BCUT2D eigenvalue weighted by molar-refractivity contribution is 0.450. The van der Waals surface area contributed by atoms with Crippen LogP contribution in [0.2, 0.25) is 0 Å². The van der Waals surface area contributed by atoms with Gasteiger partial charge >= 0.3 is 0 Å². The molecular formula is C14H12N2O2S. The molecule has 5 heteroatoms. The lowest BCUT2D eigenvalue weighted by Crippen LogP contribution is -2.16. The van der Waals surface area contributed by atoms with Gasteiger partial charge in [0.1, 0.15) is 16.5 Å². The van der Waals surface area contributed by atoms with Crippen LogP contribution >= 0.6 is 12.2 Å². The quantitative estimate of drug-likeness (QED) is 0.456. The molecule has 0 unspecified atom stereocenters. The second-order valence-corrected chi connectivity index (χ2v) is 4.22. The number of rotatable bonds is 3. The molecule has 0 aromatic heterocycles. The normalized spacial score (nSPS) is 10.5. The molecule has 4 nitrogen and oxygen atoms in total. The summed E-state index contributed by atoms with van der Waals surface area (Å²) < 4.78 is 0. The smallest absolute Gasteiger partial charge is 0.128 e. The van der Waals surface area contributed by atoms with Gasteiger partial charge in [0.15, 0.2) is 0 Å². The molecule has 0 saturated heterocycles. The number of thiocarbonyl (C=S) groups is 1. The van der Waals surface area contributed by atoms with Gasteiger partial charge in [0, 0.05) is 17.2 Å². The average molecular weight is 272 g/mol. The zero-order valence-corrected chi connectivity index (χ0v) is 10.8. The number of nitrogens with one attached hydrogen (secondary N) is 1. The predicted molar refractivity (Wildman–Crippen MR) is 78.6 cm³/mol. The van der Waals surface area contributed by atoms with E-state index in [2.05, 4.69) is 10.5 Å². The Kier molecular flexibility index (Phi) is 4.10. The summed E-state index contributed by atoms with van der Waals surface area (Å²) in [6.07, 6.45) is 1.43. The van der Waals surface area contributed by atoms with Crippen molar-refractivity contribution in [3.8, 4) is 11.5 Å². The fraction of sp³-hybridized carbons (Fsp3) is 0. The van der Waals surface area contributed by atoms with Crippen LogP contribution in [-0.2, 0) is 0 Å². The highest BCUT2D eigenvalue weighted by Gasteiger charge is 2.00. The molecule has 0 atom stereocenters. The third-order valence-electron chi connectivity index (χ3n) is 2.42. The van der Waals surface area contributed by atoms with Crippen LogP contribution in [-0.4, -0.2) is 21.4 Å². The molecule has 0 fully saturated rings. The molecule has 0 saturated carbocycles. The first-order valence-corrected chi connectivity index (χ1v) is 5.98. The first kappa shape index (κ1) is 13.0. The molecule has 0 radical (unpaired) electrons. The van der Waals surface area contributed by atoms with E-state index in [1.807, 2.05) is 30.3 Å². The first-order chi connectivity index (χ1) is 9.16. The van der Waals surface area contributed by atoms with Crippen molar-refractivity contribution in [2.75, 3.05) is 0 Å². The van der Waals surface area contributed by atoms with Crippen molar-refractivity contribution in [2.24, 2.45) is 5.10 Å². The summed E-state index contributed by atoms with van der Waals surface area (Å²) in [7, 11) is 0. The molecule has 0 spiro atoms. The van der Waals surface area contributed by atoms with E-state index in [0.717, 1.165) is 5.56 Å². The number of nitrogens with zero attached hydrogens (tertiary/aromatic N) is 1. The highest BCUT2D eigenvalue weighted by Crippen LogP contribution is 2.20. The zero-order chi connectivity index (χ0) is 13.7. The van der Waals surface area contributed by atoms with Gasteiger partial charge in [-0.25, -0.2) is 0 Å². The average Bonchev–Trinajstić information content (AvgIpc) is 2.42. The summed E-state index contributed by atoms with van der Waals surface area (Å²) in [6.45, 7) is 0. The van der Waals surface area contributed by atoms with Crippen LogP contribution in [0.15, 0.2) is 53.6 Å². The van der Waals surface area contributed by atoms with E-state index in [9.17, 15) is 5.11 Å². The Hall–Kier alpha value is -2.40. The zero-order valence-electron chi connectivity index (χ0n) is 9.95. The molecule has 0 bridgehead atoms. The number of hydrogen-bond donors (Lipinski definition) is 3. The fourth-order valence-corrected chi connectivity index (χ4v) is 1.64. The summed E-state index contributed by atoms with van der Waals surface area (Å²) in [5.74, 6) is -0.0430. The summed E-state index contributed by atoms with van der Waals surface area (Å²) in [4.78, 5) is 0.495. The van der Waals surface area contributed by atoms with Crippen molar-refractivity contribution in [3.05, 3.63) is 59.7 Å². The van der Waals surface area contributed by atoms with Crippen molar-refractivity contribution in [2.45, 2.75) is 0 Å². The van der Waals surface area contributed by atoms with E-state index in [1.165, 1.54) is 18.3 Å². The maximum Gasteiger partial charge on any atom is 0.128 e. The molecule has 2 aromatic rings. The summed E-state index contributed by atoms with van der Waals surface area (Å²) in [5.41, 5.74) is 4.07. The van der Waals surface area contributed by atoms with Crippen molar-refractivity contribution < 1.29 is 10.2 Å². The molecule has 19 heavy (non-hydrogen) atoms. The second kappa shape index (κ2) is 5.97. The molecule has 96 valence electrons. The number of phenolic OH excluding ortho intramolecular Hbond substituents is 2. The summed E-state index contributed by atoms with van der Waals surface area (Å²) >= 11 is 5.16. The van der Waals surface area contributed by atoms with Gasteiger partial charge in [0.25, 0.3) is 0 Å². The van der Waals surface area contributed by atoms with Gasteiger partial charge in [0.2, 0.25) is 0 Å². The Labute approximate surface area is 116 Å². The monoisotopic (exact) mass is 272 g/mol. The minimum Gasteiger partial charge on any atom is -0.508 e. The lowest BCUT2D eigenvalue weighted by atomic mass is 10.2. The fourth-order valence-electron chi connectivity index (χ4n) is 1.46. The van der Waals surface area contributed by atoms with E-state index < -0.39 is 0 Å². The maximum atomic E-state index is 9.56. The van der Waals surface area contributed by atoms with Crippen LogP contribution in [0.25, 0.3) is 0 Å². The topological polar surface area (TPSA) is 64.9 Å². The van der Waals surface area contributed by atoms with Gasteiger partial charge in [-0.2, -0.15) is 5.10 Å². The van der Waals surface area contributed by atoms with E-state index >= 15 is 0 Å². The standard InChI is InChI=1S/C14H12N2O2S/c17-12-7-6-11(13(18)8-12)9-15-16-14(19)10-4-2-1-3-5-10/h1-9,17-18H,(H,16,19)/b15-9+. The van der Waals surface area contributed by atoms with Crippen LogP contribution in [0.5, 0.6) is 11.5 Å². The first-order valence-electron chi connectivity index (χ1n) is 5.57. The van der Waals surface area contributed by atoms with Gasteiger partial charge in [-0.3, -0.25) is 5.43 Å². The lowest BCUT2D eigenvalue weighted by Gasteiger charge is -2.03. The number of aromatic hydroxyl groups is 2. The van der Waals surface area contributed by atoms with Crippen LogP contribution < -0.4 is 5.43 Å². The molecule has 0 heterocycles. The SMILES string of the molecule is Oc1ccc(/C=N/NC(=S)c2ccccc2)c(O)c1. The van der Waals surface area contributed by atoms with E-state index in [0.29, 0.717) is 10.6 Å². The summed E-state index contributed by atoms with van der Waals surface area (Å²) in [6, 6.07) is 13.7. The third-order valence-corrected chi connectivity index (χ3v) is 2.75. The number of hydrazone groups is 1. The Bertz CT molecular complexity index is 612. The molecule has 0 amide bonds. The van der Waals surface area contributed by atoms with Crippen LogP contribution in [0.4, 0.5) is 0 Å². The molecule has 0 aliphatic carbocycles. The molecule has 0 aliphatic heterocycles. The van der Waals surface area contributed by atoms with Gasteiger partial charge < -0.3 is 10.2 Å². The van der Waals surface area contributed by atoms with Gasteiger partial charge in [-0.1, -0.05) is 42.5 Å². The Morgan fingerprint density at radius 2 is 1.84 bits per heavy atom. The molecule has 0 aliphatic rings. The third kappa shape index (κ3) is 3.53. The van der Waals surface area contributed by atoms with Crippen LogP contribution in [0.3, 0.4) is 0 Å². The number of hydrogen-bond acceptors (Lipinski definition) is 4. The maximum absolute atomic E-state index is 9.56. The van der Waals surface area contributed by atoms with E-state index in [1.54, 1.807) is 6.07 Å². The van der Waals surface area contributed by atoms with Gasteiger partial charge in [0.05, 0.1) is 6.21 Å². The van der Waals surface area contributed by atoms with Crippen LogP contribution in [0.1, 0.15) is 11.1 Å². The minimum absolute atomic E-state index is 0.00224. The highest BCUT2D eigenvalue weighted by atomic mass is 32.1.